The largest absolute Gasteiger partial charge is 0.454 e. The first-order valence-corrected chi connectivity index (χ1v) is 11.3. The van der Waals surface area contributed by atoms with Crippen molar-refractivity contribution in [1.82, 2.24) is 5.32 Å². The summed E-state index contributed by atoms with van der Waals surface area (Å²) in [6.07, 6.45) is 2.13. The van der Waals surface area contributed by atoms with Gasteiger partial charge in [0.1, 0.15) is 0 Å². The molecule has 0 aromatic heterocycles. The van der Waals surface area contributed by atoms with E-state index in [2.05, 4.69) is 5.32 Å². The lowest BCUT2D eigenvalue weighted by Gasteiger charge is -2.28. The summed E-state index contributed by atoms with van der Waals surface area (Å²) in [5.74, 6) is 0.883. The van der Waals surface area contributed by atoms with Gasteiger partial charge < -0.3 is 14.8 Å². The summed E-state index contributed by atoms with van der Waals surface area (Å²) in [5.41, 5.74) is 2.37. The van der Waals surface area contributed by atoms with Crippen LogP contribution < -0.4 is 14.8 Å². The van der Waals surface area contributed by atoms with Gasteiger partial charge in [-0.2, -0.15) is 0 Å². The van der Waals surface area contributed by atoms with Gasteiger partial charge in [0, 0.05) is 6.54 Å². The molecule has 0 radical (unpaired) electrons. The second-order valence-electron chi connectivity index (χ2n) is 7.84. The number of hydrogen-bond acceptors (Lipinski definition) is 5. The number of carbonyl (C=O) groups excluding carboxylic acids is 1. The van der Waals surface area contributed by atoms with Gasteiger partial charge in [0.05, 0.1) is 4.90 Å². The Labute approximate surface area is 171 Å². The van der Waals surface area contributed by atoms with Gasteiger partial charge in [-0.15, -0.1) is 0 Å². The predicted octanol–water partition coefficient (Wildman–Crippen LogP) is 3.44. The number of aryl methyl sites for hydroxylation is 2. The zero-order valence-corrected chi connectivity index (χ0v) is 17.5. The van der Waals surface area contributed by atoms with E-state index in [-0.39, 0.29) is 18.2 Å². The number of ether oxygens (including phenoxy) is 2. The minimum absolute atomic E-state index is 0.183. The van der Waals surface area contributed by atoms with Gasteiger partial charge in [-0.1, -0.05) is 31.0 Å². The van der Waals surface area contributed by atoms with Gasteiger partial charge in [0.15, 0.2) is 26.1 Å². The zero-order chi connectivity index (χ0) is 20.6. The van der Waals surface area contributed by atoms with Crippen LogP contribution in [0, 0.1) is 13.8 Å². The van der Waals surface area contributed by atoms with Crippen LogP contribution in [-0.2, 0) is 21.2 Å². The highest BCUT2D eigenvalue weighted by Gasteiger charge is 2.53. The van der Waals surface area contributed by atoms with Gasteiger partial charge >= 0.3 is 0 Å². The van der Waals surface area contributed by atoms with Crippen molar-refractivity contribution in [3.63, 3.8) is 0 Å². The lowest BCUT2D eigenvalue weighted by Crippen LogP contribution is -2.50. The second kappa shape index (κ2) is 7.37. The van der Waals surface area contributed by atoms with Gasteiger partial charge in [0.2, 0.25) is 12.7 Å². The van der Waals surface area contributed by atoms with Crippen LogP contribution in [0.4, 0.5) is 0 Å². The lowest BCUT2D eigenvalue weighted by atomic mass is 10.1. The molecule has 6 nitrogen and oxygen atoms in total. The van der Waals surface area contributed by atoms with E-state index in [1.165, 1.54) is 0 Å². The third kappa shape index (κ3) is 3.37. The molecule has 0 atom stereocenters. The van der Waals surface area contributed by atoms with Crippen molar-refractivity contribution in [2.45, 2.75) is 55.7 Å². The van der Waals surface area contributed by atoms with E-state index in [1.54, 1.807) is 25.1 Å². The highest BCUT2D eigenvalue weighted by atomic mass is 32.2. The van der Waals surface area contributed by atoms with E-state index in [0.29, 0.717) is 29.9 Å². The number of rotatable bonds is 5. The second-order valence-corrected chi connectivity index (χ2v) is 10.1. The van der Waals surface area contributed by atoms with Crippen LogP contribution in [-0.4, -0.2) is 25.9 Å². The molecule has 1 aliphatic heterocycles. The Morgan fingerprint density at radius 2 is 1.76 bits per heavy atom. The number of amides is 1. The van der Waals surface area contributed by atoms with Crippen molar-refractivity contribution in [2.24, 2.45) is 0 Å². The monoisotopic (exact) mass is 415 g/mol. The van der Waals surface area contributed by atoms with Crippen LogP contribution in [0.5, 0.6) is 11.5 Å². The molecule has 7 heteroatoms. The molecule has 0 spiro atoms. The molecule has 2 aliphatic rings. The summed E-state index contributed by atoms with van der Waals surface area (Å²) < 4.78 is 36.5. The maximum absolute atomic E-state index is 13.6. The van der Waals surface area contributed by atoms with Crippen LogP contribution in [0.15, 0.2) is 41.3 Å². The third-order valence-electron chi connectivity index (χ3n) is 5.86. The van der Waals surface area contributed by atoms with Gasteiger partial charge in [0.25, 0.3) is 0 Å². The van der Waals surface area contributed by atoms with Crippen LogP contribution in [0.25, 0.3) is 0 Å². The van der Waals surface area contributed by atoms with Crippen molar-refractivity contribution in [3.8, 4) is 11.5 Å². The number of sulfone groups is 1. The smallest absolute Gasteiger partial charge is 0.242 e. The number of benzene rings is 2. The summed E-state index contributed by atoms with van der Waals surface area (Å²) >= 11 is 0. The van der Waals surface area contributed by atoms with E-state index in [4.69, 9.17) is 9.47 Å². The molecule has 2 aromatic rings. The first-order valence-electron chi connectivity index (χ1n) is 9.82. The average Bonchev–Trinajstić information content (AvgIpc) is 3.37. The standard InChI is InChI=1S/C22H25NO5S/c1-15-5-6-16(2)20(11-15)29(25,26)22(9-3-4-10-22)21(24)23-13-17-7-8-18-19(12-17)28-14-27-18/h5-8,11-12H,3-4,9-10,13-14H2,1-2H3,(H,23,24). The Hall–Kier alpha value is -2.54. The Bertz CT molecular complexity index is 1050. The number of hydrogen-bond donors (Lipinski definition) is 1. The van der Waals surface area contributed by atoms with E-state index in [9.17, 15) is 13.2 Å². The molecule has 0 unspecified atom stereocenters. The van der Waals surface area contributed by atoms with Crippen molar-refractivity contribution < 1.29 is 22.7 Å². The van der Waals surface area contributed by atoms with Gasteiger partial charge in [-0.25, -0.2) is 8.42 Å². The fourth-order valence-electron chi connectivity index (χ4n) is 4.17. The van der Waals surface area contributed by atoms with Crippen LogP contribution >= 0.6 is 0 Å². The average molecular weight is 416 g/mol. The normalized spacial score (nSPS) is 17.3. The number of carbonyl (C=O) groups is 1. The first-order chi connectivity index (χ1) is 13.8. The minimum Gasteiger partial charge on any atom is -0.454 e. The van der Waals surface area contributed by atoms with E-state index < -0.39 is 20.5 Å². The summed E-state index contributed by atoms with van der Waals surface area (Å²) in [7, 11) is -3.82. The van der Waals surface area contributed by atoms with E-state index in [0.717, 1.165) is 24.0 Å². The van der Waals surface area contributed by atoms with Crippen molar-refractivity contribution in [1.29, 1.82) is 0 Å². The molecule has 1 N–H and O–H groups in total. The molecule has 0 saturated heterocycles. The summed E-state index contributed by atoms with van der Waals surface area (Å²) in [6.45, 7) is 4.06. The Morgan fingerprint density at radius 1 is 1.03 bits per heavy atom. The van der Waals surface area contributed by atoms with Gasteiger partial charge in [-0.3, -0.25) is 4.79 Å². The summed E-state index contributed by atoms with van der Waals surface area (Å²) in [5, 5.41) is 2.87. The summed E-state index contributed by atoms with van der Waals surface area (Å²) in [4.78, 5) is 13.5. The molecule has 29 heavy (non-hydrogen) atoms. The third-order valence-corrected chi connectivity index (χ3v) is 8.50. The molecule has 4 rings (SSSR count). The maximum atomic E-state index is 13.6. The Kier molecular flexibility index (Phi) is 5.02. The molecule has 0 bridgehead atoms. The SMILES string of the molecule is Cc1ccc(C)c(S(=O)(=O)C2(C(=O)NCc3ccc4c(c3)OCO4)CCCC2)c1. The molecule has 1 heterocycles. The minimum atomic E-state index is -3.82. The molecule has 1 saturated carbocycles. The molecular formula is C22H25NO5S. The van der Waals surface area contributed by atoms with Crippen molar-refractivity contribution in [3.05, 3.63) is 53.1 Å². The predicted molar refractivity (Wildman–Crippen MR) is 109 cm³/mol. The van der Waals surface area contributed by atoms with Crippen LogP contribution in [0.3, 0.4) is 0 Å². The lowest BCUT2D eigenvalue weighted by molar-refractivity contribution is -0.123. The molecular weight excluding hydrogens is 390 g/mol. The molecule has 1 amide bonds. The van der Waals surface area contributed by atoms with Crippen LogP contribution in [0.1, 0.15) is 42.4 Å². The Balaban J connectivity index is 1.61. The van der Waals surface area contributed by atoms with Crippen LogP contribution in [0.2, 0.25) is 0 Å². The topological polar surface area (TPSA) is 81.7 Å². The number of fused-ring (bicyclic) bond motifs is 1. The number of nitrogens with one attached hydrogen (secondary N) is 1. The van der Waals surface area contributed by atoms with Gasteiger partial charge in [-0.05, 0) is 61.6 Å². The highest BCUT2D eigenvalue weighted by molar-refractivity contribution is 7.93. The molecule has 154 valence electrons. The fraction of sp³-hybridized carbons (Fsp3) is 0.409. The molecule has 2 aromatic carbocycles. The quantitative estimate of drug-likeness (QED) is 0.809. The highest BCUT2D eigenvalue weighted by Crippen LogP contribution is 2.42. The molecule has 1 fully saturated rings. The Morgan fingerprint density at radius 3 is 2.52 bits per heavy atom. The molecule has 1 aliphatic carbocycles. The fourth-order valence-corrected chi connectivity index (χ4v) is 6.56. The zero-order valence-electron chi connectivity index (χ0n) is 16.7. The van der Waals surface area contributed by atoms with E-state index in [1.807, 2.05) is 25.1 Å². The maximum Gasteiger partial charge on any atom is 0.242 e. The van der Waals surface area contributed by atoms with E-state index >= 15 is 0 Å². The summed E-state index contributed by atoms with van der Waals surface area (Å²) in [6, 6.07) is 10.8. The van der Waals surface area contributed by atoms with Crippen molar-refractivity contribution in [2.75, 3.05) is 6.79 Å². The van der Waals surface area contributed by atoms with Crippen molar-refractivity contribution >= 4 is 15.7 Å². The first kappa shape index (κ1) is 19.8.